The number of imidazole rings is 1. The maximum Gasteiger partial charge on any atom is 0.160 e. The second kappa shape index (κ2) is 4.24. The molecule has 4 rings (SSSR count). The lowest BCUT2D eigenvalue weighted by Gasteiger charge is -2.23. The van der Waals surface area contributed by atoms with Gasteiger partial charge in [-0.15, -0.1) is 0 Å². The summed E-state index contributed by atoms with van der Waals surface area (Å²) in [7, 11) is 0. The van der Waals surface area contributed by atoms with Crippen LogP contribution in [0.15, 0.2) is 18.3 Å². The molecule has 2 aromatic heterocycles. The summed E-state index contributed by atoms with van der Waals surface area (Å²) in [5, 5.41) is 3.59. The Kier molecular flexibility index (Phi) is 2.55. The van der Waals surface area contributed by atoms with Crippen molar-refractivity contribution in [3.8, 4) is 0 Å². The molecule has 0 spiro atoms. The molecule has 2 fully saturated rings. The Balaban J connectivity index is 1.84. The topological polar surface area (TPSA) is 42.7 Å². The van der Waals surface area contributed by atoms with E-state index in [9.17, 15) is 0 Å². The number of fused-ring (bicyclic) bond motifs is 1. The highest BCUT2D eigenvalue weighted by molar-refractivity contribution is 7.99. The van der Waals surface area contributed by atoms with E-state index in [4.69, 9.17) is 4.98 Å². The second-order valence-corrected chi connectivity index (χ2v) is 6.15. The Bertz CT molecular complexity index is 569. The van der Waals surface area contributed by atoms with E-state index in [1.807, 2.05) is 24.0 Å². The molecule has 0 amide bonds. The summed E-state index contributed by atoms with van der Waals surface area (Å²) < 4.78 is 2.37. The summed E-state index contributed by atoms with van der Waals surface area (Å²) >= 11 is 2.01. The van der Waals surface area contributed by atoms with Gasteiger partial charge in [0.15, 0.2) is 5.65 Å². The fourth-order valence-corrected chi connectivity index (χ4v) is 3.55. The fourth-order valence-electron chi connectivity index (χ4n) is 2.62. The summed E-state index contributed by atoms with van der Waals surface area (Å²) in [5.74, 6) is 3.52. The summed E-state index contributed by atoms with van der Waals surface area (Å²) in [5.41, 5.74) is 2.10. The van der Waals surface area contributed by atoms with Crippen LogP contribution in [0.2, 0.25) is 0 Å². The highest BCUT2D eigenvalue weighted by atomic mass is 32.2. The molecule has 1 atom stereocenters. The largest absolute Gasteiger partial charge is 0.308 e. The molecule has 0 bridgehead atoms. The van der Waals surface area contributed by atoms with E-state index in [1.165, 1.54) is 24.4 Å². The van der Waals surface area contributed by atoms with Gasteiger partial charge >= 0.3 is 0 Å². The molecular formula is C13H16N4S. The fraction of sp³-hybridized carbons (Fsp3) is 0.538. The molecule has 3 heterocycles. The van der Waals surface area contributed by atoms with Gasteiger partial charge in [-0.25, -0.2) is 9.97 Å². The van der Waals surface area contributed by atoms with Crippen LogP contribution in [0.1, 0.15) is 30.7 Å². The summed E-state index contributed by atoms with van der Waals surface area (Å²) in [6, 6.07) is 5.06. The number of nitrogens with one attached hydrogen (secondary N) is 1. The molecule has 1 aliphatic heterocycles. The van der Waals surface area contributed by atoms with Gasteiger partial charge in [0.25, 0.3) is 0 Å². The SMILES string of the molecule is c1cnc2c(c1)nc(C1CSCCN1)n2C1CC1. The first-order chi connectivity index (χ1) is 8.93. The van der Waals surface area contributed by atoms with Crippen LogP contribution in [-0.2, 0) is 0 Å². The third-order valence-electron chi connectivity index (χ3n) is 3.62. The molecule has 0 radical (unpaired) electrons. The van der Waals surface area contributed by atoms with Crippen LogP contribution in [0.25, 0.3) is 11.2 Å². The molecule has 4 nitrogen and oxygen atoms in total. The Morgan fingerprint density at radius 1 is 1.39 bits per heavy atom. The van der Waals surface area contributed by atoms with E-state index in [0.29, 0.717) is 12.1 Å². The van der Waals surface area contributed by atoms with Crippen molar-refractivity contribution in [3.63, 3.8) is 0 Å². The average Bonchev–Trinajstić information content (AvgIpc) is 3.19. The van der Waals surface area contributed by atoms with Gasteiger partial charge in [0, 0.05) is 30.3 Å². The lowest BCUT2D eigenvalue weighted by Crippen LogP contribution is -2.32. The highest BCUT2D eigenvalue weighted by Crippen LogP contribution is 2.40. The number of thioether (sulfide) groups is 1. The van der Waals surface area contributed by atoms with Crippen LogP contribution >= 0.6 is 11.8 Å². The van der Waals surface area contributed by atoms with E-state index in [0.717, 1.165) is 23.5 Å². The maximum atomic E-state index is 4.82. The molecule has 5 heteroatoms. The Morgan fingerprint density at radius 3 is 3.11 bits per heavy atom. The molecular weight excluding hydrogens is 244 g/mol. The predicted molar refractivity (Wildman–Crippen MR) is 73.9 cm³/mol. The van der Waals surface area contributed by atoms with Crippen LogP contribution in [0.3, 0.4) is 0 Å². The van der Waals surface area contributed by atoms with Gasteiger partial charge in [-0.2, -0.15) is 11.8 Å². The highest BCUT2D eigenvalue weighted by Gasteiger charge is 2.32. The monoisotopic (exact) mass is 260 g/mol. The molecule has 1 N–H and O–H groups in total. The smallest absolute Gasteiger partial charge is 0.160 e. The van der Waals surface area contributed by atoms with Gasteiger partial charge in [-0.05, 0) is 25.0 Å². The van der Waals surface area contributed by atoms with Crippen LogP contribution in [0.5, 0.6) is 0 Å². The quantitative estimate of drug-likeness (QED) is 0.898. The van der Waals surface area contributed by atoms with Crippen molar-refractivity contribution in [2.75, 3.05) is 18.1 Å². The zero-order valence-corrected chi connectivity index (χ0v) is 11.0. The molecule has 18 heavy (non-hydrogen) atoms. The molecule has 1 saturated heterocycles. The van der Waals surface area contributed by atoms with E-state index in [-0.39, 0.29) is 0 Å². The number of nitrogens with zero attached hydrogens (tertiary/aromatic N) is 3. The summed E-state index contributed by atoms with van der Waals surface area (Å²) in [6.45, 7) is 1.08. The predicted octanol–water partition coefficient (Wildman–Crippen LogP) is 2.14. The van der Waals surface area contributed by atoms with Crippen LogP contribution < -0.4 is 5.32 Å². The van der Waals surface area contributed by atoms with Crippen molar-refractivity contribution in [2.45, 2.75) is 24.9 Å². The van der Waals surface area contributed by atoms with Crippen molar-refractivity contribution in [3.05, 3.63) is 24.2 Å². The first kappa shape index (κ1) is 10.8. The first-order valence-corrected chi connectivity index (χ1v) is 7.73. The van der Waals surface area contributed by atoms with Gasteiger partial charge in [-0.1, -0.05) is 0 Å². The van der Waals surface area contributed by atoms with Crippen LogP contribution in [0, 0.1) is 0 Å². The zero-order chi connectivity index (χ0) is 11.9. The van der Waals surface area contributed by atoms with Gasteiger partial charge in [-0.3, -0.25) is 0 Å². The minimum atomic E-state index is 0.388. The normalized spacial score (nSPS) is 24.6. The molecule has 2 aromatic rings. The van der Waals surface area contributed by atoms with Crippen LogP contribution in [-0.4, -0.2) is 32.6 Å². The van der Waals surface area contributed by atoms with Crippen molar-refractivity contribution >= 4 is 22.9 Å². The number of pyridine rings is 1. The number of aromatic nitrogens is 3. The summed E-state index contributed by atoms with van der Waals surface area (Å²) in [4.78, 5) is 9.35. The van der Waals surface area contributed by atoms with Crippen molar-refractivity contribution in [1.29, 1.82) is 0 Å². The Hall–Kier alpha value is -1.07. The van der Waals surface area contributed by atoms with Gasteiger partial charge < -0.3 is 9.88 Å². The summed E-state index contributed by atoms with van der Waals surface area (Å²) in [6.07, 6.45) is 4.42. The maximum absolute atomic E-state index is 4.82. The first-order valence-electron chi connectivity index (χ1n) is 6.57. The molecule has 1 saturated carbocycles. The van der Waals surface area contributed by atoms with Gasteiger partial charge in [0.1, 0.15) is 11.3 Å². The number of hydrogen-bond acceptors (Lipinski definition) is 4. The third-order valence-corrected chi connectivity index (χ3v) is 4.68. The third kappa shape index (κ3) is 1.73. The van der Waals surface area contributed by atoms with E-state index >= 15 is 0 Å². The zero-order valence-electron chi connectivity index (χ0n) is 10.2. The minimum Gasteiger partial charge on any atom is -0.308 e. The Morgan fingerprint density at radius 2 is 2.33 bits per heavy atom. The van der Waals surface area contributed by atoms with Gasteiger partial charge in [0.05, 0.1) is 6.04 Å². The molecule has 1 unspecified atom stereocenters. The van der Waals surface area contributed by atoms with Gasteiger partial charge in [0.2, 0.25) is 0 Å². The number of rotatable bonds is 2. The molecule has 94 valence electrons. The van der Waals surface area contributed by atoms with Crippen LogP contribution in [0.4, 0.5) is 0 Å². The van der Waals surface area contributed by atoms with Crippen molar-refractivity contribution in [1.82, 2.24) is 19.9 Å². The molecule has 1 aliphatic carbocycles. The number of hydrogen-bond donors (Lipinski definition) is 1. The van der Waals surface area contributed by atoms with E-state index < -0.39 is 0 Å². The average molecular weight is 260 g/mol. The standard InChI is InChI=1S/C13H16N4S/c1-2-10-12(15-5-1)17(9-3-4-9)13(16-10)11-8-18-7-6-14-11/h1-2,5,9,11,14H,3-4,6-8H2. The van der Waals surface area contributed by atoms with Crippen molar-refractivity contribution in [2.24, 2.45) is 0 Å². The minimum absolute atomic E-state index is 0.388. The Labute approximate surface area is 110 Å². The molecule has 0 aromatic carbocycles. The second-order valence-electron chi connectivity index (χ2n) is 5.00. The molecule has 2 aliphatic rings. The van der Waals surface area contributed by atoms with Crippen molar-refractivity contribution < 1.29 is 0 Å². The van der Waals surface area contributed by atoms with E-state index in [2.05, 4.69) is 20.9 Å². The lowest BCUT2D eigenvalue weighted by atomic mass is 10.3. The lowest BCUT2D eigenvalue weighted by molar-refractivity contribution is 0.531. The van der Waals surface area contributed by atoms with E-state index in [1.54, 1.807) is 0 Å².